The quantitative estimate of drug-likeness (QED) is 0.453. The van der Waals surface area contributed by atoms with Crippen molar-refractivity contribution in [2.45, 2.75) is 33.6 Å². The molecule has 0 unspecified atom stereocenters. The third-order valence-corrected chi connectivity index (χ3v) is 5.77. The zero-order valence-corrected chi connectivity index (χ0v) is 18.8. The van der Waals surface area contributed by atoms with Gasteiger partial charge < -0.3 is 4.57 Å². The number of aryl methyl sites for hydroxylation is 1. The van der Waals surface area contributed by atoms with Gasteiger partial charge in [0.2, 0.25) is 0 Å². The van der Waals surface area contributed by atoms with E-state index in [1.54, 1.807) is 0 Å². The minimum absolute atomic E-state index is 0.172. The van der Waals surface area contributed by atoms with E-state index in [1.807, 2.05) is 36.6 Å². The number of amides is 4. The molecule has 33 heavy (non-hydrogen) atoms. The van der Waals surface area contributed by atoms with Crippen LogP contribution in [0.3, 0.4) is 0 Å². The monoisotopic (exact) mass is 445 g/mol. The second-order valence-corrected chi connectivity index (χ2v) is 8.34. The molecule has 4 rings (SSSR count). The fourth-order valence-corrected chi connectivity index (χ4v) is 3.98. The van der Waals surface area contributed by atoms with Crippen LogP contribution in [0, 0.1) is 19.7 Å². The molecule has 1 N–H and O–H groups in total. The van der Waals surface area contributed by atoms with E-state index in [0.29, 0.717) is 11.5 Å². The highest BCUT2D eigenvalue weighted by atomic mass is 19.1. The Hall–Kier alpha value is -4.00. The highest BCUT2D eigenvalue weighted by molar-refractivity contribution is 6.39. The molecule has 1 saturated heterocycles. The summed E-state index contributed by atoms with van der Waals surface area (Å²) in [6.07, 6.45) is 1.49. The average Bonchev–Trinajstić information content (AvgIpc) is 3.05. The van der Waals surface area contributed by atoms with Gasteiger partial charge in [-0.3, -0.25) is 14.9 Å². The lowest BCUT2D eigenvalue weighted by molar-refractivity contribution is -0.122. The van der Waals surface area contributed by atoms with Crippen molar-refractivity contribution in [3.05, 3.63) is 88.5 Å². The number of barbiturate groups is 1. The van der Waals surface area contributed by atoms with E-state index in [0.717, 1.165) is 34.1 Å². The van der Waals surface area contributed by atoms with Gasteiger partial charge in [0.05, 0.1) is 5.69 Å². The van der Waals surface area contributed by atoms with Crippen LogP contribution >= 0.6 is 0 Å². The van der Waals surface area contributed by atoms with E-state index in [9.17, 15) is 18.8 Å². The van der Waals surface area contributed by atoms with Gasteiger partial charge in [0.25, 0.3) is 11.8 Å². The molecule has 1 fully saturated rings. The summed E-state index contributed by atoms with van der Waals surface area (Å²) in [4.78, 5) is 38.8. The number of carbonyl (C=O) groups is 3. The first kappa shape index (κ1) is 22.2. The van der Waals surface area contributed by atoms with Crippen molar-refractivity contribution in [1.29, 1.82) is 0 Å². The summed E-state index contributed by atoms with van der Waals surface area (Å²) in [5, 5.41) is 2.19. The highest BCUT2D eigenvalue weighted by Crippen LogP contribution is 2.27. The van der Waals surface area contributed by atoms with Gasteiger partial charge in [0.1, 0.15) is 11.4 Å². The van der Waals surface area contributed by atoms with E-state index < -0.39 is 23.7 Å². The fraction of sp³-hybridized carbons (Fsp3) is 0.192. The third kappa shape index (κ3) is 4.09. The molecule has 4 amide bonds. The number of benzene rings is 2. The number of hydrogen-bond donors (Lipinski definition) is 1. The smallest absolute Gasteiger partial charge is 0.318 e. The maximum Gasteiger partial charge on any atom is 0.335 e. The van der Waals surface area contributed by atoms with E-state index in [-0.39, 0.29) is 11.3 Å². The highest BCUT2D eigenvalue weighted by Gasteiger charge is 2.37. The Labute approximate surface area is 191 Å². The lowest BCUT2D eigenvalue weighted by Gasteiger charge is -2.26. The molecule has 0 bridgehead atoms. The van der Waals surface area contributed by atoms with Crippen molar-refractivity contribution in [1.82, 2.24) is 9.88 Å². The van der Waals surface area contributed by atoms with Gasteiger partial charge in [0.15, 0.2) is 0 Å². The van der Waals surface area contributed by atoms with Crippen LogP contribution in [-0.4, -0.2) is 22.4 Å². The summed E-state index contributed by atoms with van der Waals surface area (Å²) in [7, 11) is 0. The largest absolute Gasteiger partial charge is 0.335 e. The van der Waals surface area contributed by atoms with Crippen molar-refractivity contribution >= 4 is 29.6 Å². The first-order valence-corrected chi connectivity index (χ1v) is 10.6. The number of nitrogens with one attached hydrogen (secondary N) is 1. The number of urea groups is 1. The van der Waals surface area contributed by atoms with Gasteiger partial charge in [-0.1, -0.05) is 26.0 Å². The minimum Gasteiger partial charge on any atom is -0.318 e. The van der Waals surface area contributed by atoms with Crippen molar-refractivity contribution in [2.75, 3.05) is 4.90 Å². The SMILES string of the molecule is Cc1cc(/C=C2\C(=O)NC(=O)N(c3ccc(F)cc3)C2=O)c(C)n1-c1ccc(C(C)C)cc1. The van der Waals surface area contributed by atoms with E-state index in [4.69, 9.17) is 0 Å². The standard InChI is InChI=1S/C26H24FN3O3/c1-15(2)18-5-9-21(10-6-18)29-16(3)13-19(17(29)4)14-23-24(31)28-26(33)30(25(23)32)22-11-7-20(27)8-12-22/h5-15H,1-4H3,(H,28,31,33)/b23-14+. The molecular formula is C26H24FN3O3. The Balaban J connectivity index is 1.72. The van der Waals surface area contributed by atoms with Gasteiger partial charge in [-0.2, -0.15) is 0 Å². The first-order valence-electron chi connectivity index (χ1n) is 10.6. The van der Waals surface area contributed by atoms with E-state index in [2.05, 4.69) is 31.3 Å². The van der Waals surface area contributed by atoms with Crippen molar-refractivity contribution in [3.8, 4) is 5.69 Å². The van der Waals surface area contributed by atoms with Crippen LogP contribution in [0.1, 0.15) is 42.3 Å². The molecule has 1 aliphatic heterocycles. The number of anilines is 1. The summed E-state index contributed by atoms with van der Waals surface area (Å²) in [5.74, 6) is -1.60. The van der Waals surface area contributed by atoms with Crippen LogP contribution in [0.4, 0.5) is 14.9 Å². The molecule has 1 aromatic heterocycles. The molecule has 2 aromatic carbocycles. The van der Waals surface area contributed by atoms with Crippen molar-refractivity contribution < 1.29 is 18.8 Å². The zero-order valence-electron chi connectivity index (χ0n) is 18.8. The molecule has 1 aliphatic rings. The number of halogens is 1. The zero-order chi connectivity index (χ0) is 23.9. The fourth-order valence-electron chi connectivity index (χ4n) is 3.98. The summed E-state index contributed by atoms with van der Waals surface area (Å²) >= 11 is 0. The number of nitrogens with zero attached hydrogens (tertiary/aromatic N) is 2. The molecule has 6 nitrogen and oxygen atoms in total. The minimum atomic E-state index is -0.871. The Kier molecular flexibility index (Phi) is 5.72. The molecule has 0 spiro atoms. The molecule has 0 aliphatic carbocycles. The van der Waals surface area contributed by atoms with E-state index in [1.165, 1.54) is 23.8 Å². The molecule has 7 heteroatoms. The molecule has 168 valence electrons. The Morgan fingerprint density at radius 2 is 1.52 bits per heavy atom. The number of imide groups is 2. The van der Waals surface area contributed by atoms with Gasteiger partial charge in [-0.25, -0.2) is 14.1 Å². The molecule has 0 atom stereocenters. The lowest BCUT2D eigenvalue weighted by atomic mass is 10.0. The van der Waals surface area contributed by atoms with Gasteiger partial charge in [-0.15, -0.1) is 0 Å². The van der Waals surface area contributed by atoms with Gasteiger partial charge in [0, 0.05) is 17.1 Å². The van der Waals surface area contributed by atoms with Crippen LogP contribution in [0.2, 0.25) is 0 Å². The third-order valence-electron chi connectivity index (χ3n) is 5.77. The van der Waals surface area contributed by atoms with Crippen LogP contribution in [-0.2, 0) is 9.59 Å². The van der Waals surface area contributed by atoms with Crippen LogP contribution in [0.15, 0.2) is 60.2 Å². The maximum absolute atomic E-state index is 13.3. The van der Waals surface area contributed by atoms with Gasteiger partial charge >= 0.3 is 6.03 Å². The maximum atomic E-state index is 13.3. The topological polar surface area (TPSA) is 71.4 Å². The van der Waals surface area contributed by atoms with Crippen LogP contribution in [0.25, 0.3) is 11.8 Å². The summed E-state index contributed by atoms with van der Waals surface area (Å²) < 4.78 is 15.3. The molecule has 0 radical (unpaired) electrons. The second-order valence-electron chi connectivity index (χ2n) is 8.34. The number of aromatic nitrogens is 1. The van der Waals surface area contributed by atoms with E-state index >= 15 is 0 Å². The molecule has 0 saturated carbocycles. The predicted molar refractivity (Wildman–Crippen MR) is 125 cm³/mol. The predicted octanol–water partition coefficient (Wildman–Crippen LogP) is 5.02. The number of carbonyl (C=O) groups excluding carboxylic acids is 3. The Morgan fingerprint density at radius 1 is 0.909 bits per heavy atom. The first-order chi connectivity index (χ1) is 15.7. The average molecular weight is 445 g/mol. The summed E-state index contributed by atoms with van der Waals surface area (Å²) in [6.45, 7) is 8.13. The molecular weight excluding hydrogens is 421 g/mol. The summed E-state index contributed by atoms with van der Waals surface area (Å²) in [6, 6.07) is 14.2. The van der Waals surface area contributed by atoms with Crippen LogP contribution in [0.5, 0.6) is 0 Å². The van der Waals surface area contributed by atoms with Crippen molar-refractivity contribution in [2.24, 2.45) is 0 Å². The summed E-state index contributed by atoms with van der Waals surface area (Å²) in [5.41, 5.74) is 4.68. The van der Waals surface area contributed by atoms with Crippen LogP contribution < -0.4 is 10.2 Å². The van der Waals surface area contributed by atoms with Crippen molar-refractivity contribution in [3.63, 3.8) is 0 Å². The molecule has 3 aromatic rings. The normalized spacial score (nSPS) is 15.5. The Bertz CT molecular complexity index is 1290. The lowest BCUT2D eigenvalue weighted by Crippen LogP contribution is -2.54. The van der Waals surface area contributed by atoms with Gasteiger partial charge in [-0.05, 0) is 79.4 Å². The second kappa shape index (κ2) is 8.50. The number of rotatable bonds is 4. The number of hydrogen-bond acceptors (Lipinski definition) is 3. The Morgan fingerprint density at radius 3 is 2.12 bits per heavy atom. The molecule has 2 heterocycles.